The van der Waals surface area contributed by atoms with Crippen molar-refractivity contribution in [2.45, 2.75) is 24.9 Å². The SMILES string of the molecule is c1ccc(CN2CC3(CCN(Cc4ccccn4)C3)c3ncccc32)cc1. The van der Waals surface area contributed by atoms with Crippen LogP contribution in [0.1, 0.15) is 23.4 Å². The Bertz CT molecular complexity index is 912. The van der Waals surface area contributed by atoms with Gasteiger partial charge < -0.3 is 4.90 Å². The minimum Gasteiger partial charge on any atom is -0.365 e. The van der Waals surface area contributed by atoms with Crippen LogP contribution in [-0.4, -0.2) is 34.5 Å². The number of nitrogens with zero attached hydrogens (tertiary/aromatic N) is 4. The summed E-state index contributed by atoms with van der Waals surface area (Å²) in [6.45, 7) is 5.07. The molecule has 136 valence electrons. The minimum atomic E-state index is 0.139. The summed E-state index contributed by atoms with van der Waals surface area (Å²) in [5.74, 6) is 0. The molecule has 1 aromatic carbocycles. The maximum absolute atomic E-state index is 4.84. The van der Waals surface area contributed by atoms with Crippen molar-refractivity contribution in [1.29, 1.82) is 0 Å². The molecular formula is C23H24N4. The molecule has 5 rings (SSSR count). The summed E-state index contributed by atoms with van der Waals surface area (Å²) in [5, 5.41) is 0. The lowest BCUT2D eigenvalue weighted by atomic mass is 9.85. The Kier molecular flexibility index (Phi) is 4.13. The van der Waals surface area contributed by atoms with E-state index >= 15 is 0 Å². The van der Waals surface area contributed by atoms with Crippen LogP contribution >= 0.6 is 0 Å². The number of benzene rings is 1. The molecule has 2 aliphatic rings. The monoisotopic (exact) mass is 356 g/mol. The first-order valence-corrected chi connectivity index (χ1v) is 9.69. The molecule has 1 fully saturated rings. The van der Waals surface area contributed by atoms with Gasteiger partial charge in [-0.15, -0.1) is 0 Å². The highest BCUT2D eigenvalue weighted by atomic mass is 15.2. The van der Waals surface area contributed by atoms with E-state index in [0.29, 0.717) is 0 Å². The van der Waals surface area contributed by atoms with E-state index in [1.165, 1.54) is 16.9 Å². The Morgan fingerprint density at radius 2 is 1.67 bits per heavy atom. The van der Waals surface area contributed by atoms with Crippen molar-refractivity contribution in [2.75, 3.05) is 24.5 Å². The molecule has 4 heteroatoms. The quantitative estimate of drug-likeness (QED) is 0.714. The van der Waals surface area contributed by atoms with Gasteiger partial charge in [-0.1, -0.05) is 36.4 Å². The average molecular weight is 356 g/mol. The molecule has 1 saturated heterocycles. The molecule has 1 spiro atoms. The van der Waals surface area contributed by atoms with Crippen LogP contribution in [0.4, 0.5) is 5.69 Å². The molecule has 2 aliphatic heterocycles. The fourth-order valence-electron chi connectivity index (χ4n) is 4.67. The topological polar surface area (TPSA) is 32.3 Å². The molecule has 1 unspecified atom stereocenters. The molecule has 0 radical (unpaired) electrons. The molecule has 4 nitrogen and oxygen atoms in total. The highest BCUT2D eigenvalue weighted by Gasteiger charge is 2.48. The number of rotatable bonds is 4. The van der Waals surface area contributed by atoms with Crippen molar-refractivity contribution in [2.24, 2.45) is 0 Å². The normalized spacial score (nSPS) is 21.7. The third-order valence-corrected chi connectivity index (χ3v) is 5.88. The lowest BCUT2D eigenvalue weighted by Crippen LogP contribution is -2.36. The second kappa shape index (κ2) is 6.78. The van der Waals surface area contributed by atoms with Gasteiger partial charge >= 0.3 is 0 Å². The number of anilines is 1. The molecule has 4 heterocycles. The van der Waals surface area contributed by atoms with Crippen LogP contribution in [0.2, 0.25) is 0 Å². The molecule has 0 aliphatic carbocycles. The van der Waals surface area contributed by atoms with Crippen LogP contribution in [0.25, 0.3) is 0 Å². The van der Waals surface area contributed by atoms with Gasteiger partial charge in [0.2, 0.25) is 0 Å². The fourth-order valence-corrected chi connectivity index (χ4v) is 4.67. The lowest BCUT2D eigenvalue weighted by molar-refractivity contribution is 0.302. The van der Waals surface area contributed by atoms with E-state index in [1.807, 2.05) is 18.5 Å². The van der Waals surface area contributed by atoms with Gasteiger partial charge in [0.1, 0.15) is 0 Å². The summed E-state index contributed by atoms with van der Waals surface area (Å²) in [7, 11) is 0. The van der Waals surface area contributed by atoms with E-state index in [4.69, 9.17) is 4.98 Å². The van der Waals surface area contributed by atoms with Crippen molar-refractivity contribution in [3.8, 4) is 0 Å². The highest BCUT2D eigenvalue weighted by molar-refractivity contribution is 5.60. The van der Waals surface area contributed by atoms with Gasteiger partial charge in [0.25, 0.3) is 0 Å². The molecule has 0 bridgehead atoms. The zero-order valence-corrected chi connectivity index (χ0v) is 15.5. The minimum absolute atomic E-state index is 0.139. The Labute approximate surface area is 160 Å². The first-order chi connectivity index (χ1) is 13.3. The third-order valence-electron chi connectivity index (χ3n) is 5.88. The standard InChI is InChI=1S/C23H24N4/c1-2-7-19(8-3-1)15-27-18-23(22-21(27)10-6-13-25-22)11-14-26(17-23)16-20-9-4-5-12-24-20/h1-10,12-13H,11,14-18H2. The first-order valence-electron chi connectivity index (χ1n) is 9.69. The Morgan fingerprint density at radius 3 is 2.52 bits per heavy atom. The number of fused-ring (bicyclic) bond motifs is 2. The van der Waals surface area contributed by atoms with Crippen molar-refractivity contribution in [3.63, 3.8) is 0 Å². The van der Waals surface area contributed by atoms with Gasteiger partial charge in [-0.3, -0.25) is 14.9 Å². The van der Waals surface area contributed by atoms with Crippen LogP contribution in [0.3, 0.4) is 0 Å². The Morgan fingerprint density at radius 1 is 0.815 bits per heavy atom. The average Bonchev–Trinajstić information content (AvgIpc) is 3.25. The molecule has 0 N–H and O–H groups in total. The van der Waals surface area contributed by atoms with E-state index in [9.17, 15) is 0 Å². The summed E-state index contributed by atoms with van der Waals surface area (Å²) in [5.41, 5.74) is 5.23. The summed E-state index contributed by atoms with van der Waals surface area (Å²) >= 11 is 0. The van der Waals surface area contributed by atoms with Gasteiger partial charge in [0.05, 0.1) is 17.1 Å². The molecule has 2 aromatic heterocycles. The second-order valence-electron chi connectivity index (χ2n) is 7.77. The van der Waals surface area contributed by atoms with Crippen molar-refractivity contribution < 1.29 is 0 Å². The highest BCUT2D eigenvalue weighted by Crippen LogP contribution is 2.45. The summed E-state index contributed by atoms with van der Waals surface area (Å²) in [6.07, 6.45) is 5.00. The number of hydrogen-bond acceptors (Lipinski definition) is 4. The molecule has 0 saturated carbocycles. The smallest absolute Gasteiger partial charge is 0.0729 e. The predicted molar refractivity (Wildman–Crippen MR) is 108 cm³/mol. The zero-order valence-electron chi connectivity index (χ0n) is 15.5. The predicted octanol–water partition coefficient (Wildman–Crippen LogP) is 3.64. The van der Waals surface area contributed by atoms with Crippen LogP contribution < -0.4 is 4.90 Å². The Hall–Kier alpha value is -2.72. The summed E-state index contributed by atoms with van der Waals surface area (Å²) in [4.78, 5) is 14.4. The third kappa shape index (κ3) is 3.10. The van der Waals surface area contributed by atoms with Gasteiger partial charge in [0, 0.05) is 44.0 Å². The molecule has 27 heavy (non-hydrogen) atoms. The number of hydrogen-bond donors (Lipinski definition) is 0. The largest absolute Gasteiger partial charge is 0.365 e. The zero-order chi connectivity index (χ0) is 18.1. The number of pyridine rings is 2. The maximum atomic E-state index is 4.84. The van der Waals surface area contributed by atoms with E-state index in [2.05, 4.69) is 69.4 Å². The van der Waals surface area contributed by atoms with Gasteiger partial charge in [-0.2, -0.15) is 0 Å². The van der Waals surface area contributed by atoms with Crippen molar-refractivity contribution in [1.82, 2.24) is 14.9 Å². The first kappa shape index (κ1) is 16.5. The number of likely N-dealkylation sites (tertiary alicyclic amines) is 1. The lowest BCUT2D eigenvalue weighted by Gasteiger charge is -2.26. The van der Waals surface area contributed by atoms with E-state index in [0.717, 1.165) is 44.8 Å². The van der Waals surface area contributed by atoms with E-state index in [1.54, 1.807) is 0 Å². The van der Waals surface area contributed by atoms with Crippen LogP contribution in [-0.2, 0) is 18.5 Å². The molecule has 1 atom stereocenters. The fraction of sp³-hybridized carbons (Fsp3) is 0.304. The number of aromatic nitrogens is 2. The maximum Gasteiger partial charge on any atom is 0.0729 e. The van der Waals surface area contributed by atoms with Crippen molar-refractivity contribution in [3.05, 3.63) is 90.0 Å². The molecule has 0 amide bonds. The van der Waals surface area contributed by atoms with E-state index in [-0.39, 0.29) is 5.41 Å². The molecule has 3 aromatic rings. The summed E-state index contributed by atoms with van der Waals surface area (Å²) < 4.78 is 0. The molecular weight excluding hydrogens is 332 g/mol. The van der Waals surface area contributed by atoms with E-state index < -0.39 is 0 Å². The summed E-state index contributed by atoms with van der Waals surface area (Å²) in [6, 6.07) is 21.2. The van der Waals surface area contributed by atoms with Gasteiger partial charge in [-0.25, -0.2) is 0 Å². The second-order valence-corrected chi connectivity index (χ2v) is 7.77. The van der Waals surface area contributed by atoms with Crippen LogP contribution in [0, 0.1) is 0 Å². The van der Waals surface area contributed by atoms with Crippen LogP contribution in [0.15, 0.2) is 73.1 Å². The van der Waals surface area contributed by atoms with Crippen LogP contribution in [0.5, 0.6) is 0 Å². The Balaban J connectivity index is 1.39. The van der Waals surface area contributed by atoms with Gasteiger partial charge in [0.15, 0.2) is 0 Å². The van der Waals surface area contributed by atoms with Gasteiger partial charge in [-0.05, 0) is 42.8 Å². The van der Waals surface area contributed by atoms with Crippen molar-refractivity contribution >= 4 is 5.69 Å².